The van der Waals surface area contributed by atoms with Gasteiger partial charge in [-0.05, 0) is 134 Å². The molecule has 4 saturated carbocycles. The van der Waals surface area contributed by atoms with E-state index in [-0.39, 0.29) is 108 Å². The second kappa shape index (κ2) is 29.6. The normalized spacial score (nSPS) is 26.0. The van der Waals surface area contributed by atoms with E-state index in [1.165, 1.54) is 97.1 Å². The minimum Gasteiger partial charge on any atom is -0.467 e. The lowest BCUT2D eigenvalue weighted by Crippen LogP contribution is -2.66. The van der Waals surface area contributed by atoms with Crippen LogP contribution in [-0.4, -0.2) is 153 Å². The zero-order valence-electron chi connectivity index (χ0n) is 51.6. The van der Waals surface area contributed by atoms with E-state index in [4.69, 9.17) is 63.1 Å². The fourth-order valence-corrected chi connectivity index (χ4v) is 16.7. The van der Waals surface area contributed by atoms with E-state index in [9.17, 15) is 40.5 Å². The molecule has 0 radical (unpaired) electrons. The lowest BCUT2D eigenvalue weighted by atomic mass is 9.46. The molecular formula is C60H66N16O17S4. The number of nitro benzene ring substituents is 4. The van der Waals surface area contributed by atoms with Crippen molar-refractivity contribution in [2.45, 2.75) is 24.0 Å². The van der Waals surface area contributed by atoms with E-state index < -0.39 is 137 Å². The lowest BCUT2D eigenvalue weighted by Gasteiger charge is -2.53. The molecular weight excluding hydrogens is 1350 g/mol. The number of thiocarbonyl (C=S) groups is 4. The van der Waals surface area contributed by atoms with E-state index in [2.05, 4.69) is 63.8 Å². The minimum atomic E-state index is -2.04. The lowest BCUT2D eigenvalue weighted by molar-refractivity contribution is -0.385. The van der Waals surface area contributed by atoms with Crippen molar-refractivity contribution in [3.05, 3.63) is 138 Å². The number of esters is 2. The Balaban J connectivity index is 0.911. The summed E-state index contributed by atoms with van der Waals surface area (Å²) in [5, 5.41) is 80.7. The van der Waals surface area contributed by atoms with Crippen LogP contribution in [-0.2, 0) is 43.0 Å². The number of hydrogen-bond acceptors (Lipinski definition) is 21. The first-order chi connectivity index (χ1) is 46.4. The topological polar surface area (TPSA) is 447 Å². The van der Waals surface area contributed by atoms with Crippen molar-refractivity contribution in [1.82, 2.24) is 42.5 Å². The fraction of sp³-hybridized carbons (Fsp3) is 0.433. The van der Waals surface area contributed by atoms with Crippen molar-refractivity contribution >= 4 is 150 Å². The molecule has 12 N–H and O–H groups in total. The Morgan fingerprint density at radius 3 is 0.763 bits per heavy atom. The van der Waals surface area contributed by atoms with E-state index in [0.29, 0.717) is 22.7 Å². The Hall–Kier alpha value is -9.98. The van der Waals surface area contributed by atoms with Gasteiger partial charge in [0.05, 0.1) is 57.6 Å². The molecule has 4 aliphatic carbocycles. The molecule has 2 unspecified atom stereocenters. The molecule has 6 bridgehead atoms. The van der Waals surface area contributed by atoms with Gasteiger partial charge in [0, 0.05) is 147 Å². The number of carbonyl (C=O) groups is 6. The van der Waals surface area contributed by atoms with Crippen molar-refractivity contribution in [2.24, 2.45) is 71.0 Å². The maximum Gasteiger partial charge on any atom is 0.338 e. The average molecular weight is 1410 g/mol. The monoisotopic (exact) mass is 1410 g/mol. The van der Waals surface area contributed by atoms with Crippen LogP contribution in [0.4, 0.5) is 45.5 Å². The SMILES string of the molecule is COC(=O)C12OC(C(=O)OC)([C@@H]3[C@@H]4C[C@@H]([C@H](C(=O)NCCNC(=S)Nc5ccc([N+](=O)[O-])cc5)[C@@H]4C(=O)NCCNC(=S)Nc4ccc([N+](=O)[O-])cc4)[C@@H]31)[C@H]1[C@H]3C[C@H]([C@@H](C(=O)NCCNC(=S)Nc4ccc([N+](=O)[O-])cc4)[C@H]3C(=O)NCCNC(=S)Nc3ccc([N+](=O)[O-])cc3)[C@H]12. The summed E-state index contributed by atoms with van der Waals surface area (Å²) in [4.78, 5) is 134. The van der Waals surface area contributed by atoms with Gasteiger partial charge >= 0.3 is 11.9 Å². The van der Waals surface area contributed by atoms with Crippen molar-refractivity contribution in [2.75, 3.05) is 87.8 Å². The minimum absolute atomic E-state index is 0.0424. The summed E-state index contributed by atoms with van der Waals surface area (Å²) in [6.07, 6.45) is 0.277. The van der Waals surface area contributed by atoms with Crippen LogP contribution < -0.4 is 63.8 Å². The Bertz CT molecular complexity index is 3360. The number of methoxy groups -OCH3 is 2. The molecule has 4 amide bonds. The molecule has 4 aromatic carbocycles. The van der Waals surface area contributed by atoms with Crippen LogP contribution >= 0.6 is 48.9 Å². The van der Waals surface area contributed by atoms with Gasteiger partial charge in [-0.2, -0.15) is 0 Å². The molecule has 4 aromatic rings. The fourth-order valence-electron chi connectivity index (χ4n) is 15.8. The smallest absolute Gasteiger partial charge is 0.338 e. The van der Waals surface area contributed by atoms with Gasteiger partial charge in [0.1, 0.15) is 0 Å². The van der Waals surface area contributed by atoms with Crippen molar-refractivity contribution in [3.63, 3.8) is 0 Å². The van der Waals surface area contributed by atoms with Crippen LogP contribution in [0.25, 0.3) is 0 Å². The second-order valence-corrected chi connectivity index (χ2v) is 25.5. The van der Waals surface area contributed by atoms with Gasteiger partial charge in [0.15, 0.2) is 31.7 Å². The first kappa shape index (κ1) is 69.8. The maximum atomic E-state index is 15.3. The highest BCUT2D eigenvalue weighted by Gasteiger charge is 2.92. The number of rotatable bonds is 26. The highest BCUT2D eigenvalue weighted by Crippen LogP contribution is 2.82. The van der Waals surface area contributed by atoms with Gasteiger partial charge < -0.3 is 78.0 Å². The number of carbonyl (C=O) groups excluding carboxylic acids is 6. The van der Waals surface area contributed by atoms with Crippen molar-refractivity contribution < 1.29 is 62.7 Å². The molecule has 0 spiro atoms. The zero-order valence-corrected chi connectivity index (χ0v) is 54.9. The molecule has 33 nitrogen and oxygen atoms in total. The van der Waals surface area contributed by atoms with Crippen LogP contribution in [0.5, 0.6) is 0 Å². The number of hydrogen-bond donors (Lipinski definition) is 12. The zero-order chi connectivity index (χ0) is 69.6. The number of nitro groups is 4. The molecule has 2 aliphatic heterocycles. The molecule has 10 rings (SSSR count). The largest absolute Gasteiger partial charge is 0.467 e. The van der Waals surface area contributed by atoms with E-state index in [1.54, 1.807) is 0 Å². The van der Waals surface area contributed by atoms with Gasteiger partial charge in [-0.3, -0.25) is 59.6 Å². The Morgan fingerprint density at radius 2 is 0.577 bits per heavy atom. The molecule has 6 aliphatic rings. The van der Waals surface area contributed by atoms with Gasteiger partial charge in [0.2, 0.25) is 23.6 Å². The number of nitrogens with one attached hydrogen (secondary N) is 12. The predicted molar refractivity (Wildman–Crippen MR) is 363 cm³/mol. The summed E-state index contributed by atoms with van der Waals surface area (Å²) in [6.45, 7) is 0.0790. The van der Waals surface area contributed by atoms with Crippen molar-refractivity contribution in [1.29, 1.82) is 0 Å². The standard InChI is InChI=1S/C60H66N16O17S4/c1-91-53(81)59-45-37-27-39(43(51(79)63-21-25-67-57(96)71-31-7-15-35(16-8-31)75(87)88)41(37)49(77)61-19-23-65-55(94)69-29-3-11-33(12-4-29)73(83)84)47(45)60(93-59,54(82)92-2)48-40-28-38(46(48)59)42(50(78)62-20-24-66-56(95)70-30-5-13-34(14-6-30)74(85)86)44(40)52(80)64-22-26-68-58(97)72-32-9-17-36(18-10-32)76(89)90/h3-18,37-48H,19-28H2,1-2H3,(H,61,77)(H,62,78)(H,63,79)(H,64,80)(H2,65,69,94)(H2,66,70,95)(H2,67,71,96)(H2,68,72,97)/t37-,38+,39+,40-,41-,42+,43+,44-,45-,46+,47+,48-,59?,60?. The number of benzene rings is 4. The van der Waals surface area contributed by atoms with E-state index >= 15 is 28.8 Å². The van der Waals surface area contributed by atoms with Crippen LogP contribution in [0.1, 0.15) is 12.8 Å². The summed E-state index contributed by atoms with van der Waals surface area (Å²) < 4.78 is 18.6. The summed E-state index contributed by atoms with van der Waals surface area (Å²) in [7, 11) is 2.32. The summed E-state index contributed by atoms with van der Waals surface area (Å²) in [5.41, 5.74) is -2.80. The molecule has 97 heavy (non-hydrogen) atoms. The van der Waals surface area contributed by atoms with Crippen LogP contribution in [0.3, 0.4) is 0 Å². The number of nitrogens with zero attached hydrogens (tertiary/aromatic N) is 4. The third kappa shape index (κ3) is 14.0. The predicted octanol–water partition coefficient (Wildman–Crippen LogP) is 3.13. The molecule has 2 saturated heterocycles. The molecule has 512 valence electrons. The van der Waals surface area contributed by atoms with Gasteiger partial charge in [-0.1, -0.05) is 0 Å². The van der Waals surface area contributed by atoms with E-state index in [0.717, 1.165) is 14.2 Å². The molecule has 6 fully saturated rings. The van der Waals surface area contributed by atoms with Crippen LogP contribution in [0.2, 0.25) is 0 Å². The van der Waals surface area contributed by atoms with Crippen LogP contribution in [0.15, 0.2) is 97.1 Å². The number of ether oxygens (including phenoxy) is 3. The number of fused-ring (bicyclic) bond motifs is 16. The third-order valence-corrected chi connectivity index (χ3v) is 20.0. The Kier molecular flexibility index (Phi) is 21.3. The van der Waals surface area contributed by atoms with E-state index in [1.807, 2.05) is 0 Å². The first-order valence-corrected chi connectivity index (χ1v) is 32.2. The Labute approximate surface area is 573 Å². The second-order valence-electron chi connectivity index (χ2n) is 23.9. The van der Waals surface area contributed by atoms with Gasteiger partial charge in [0.25, 0.3) is 22.7 Å². The maximum absolute atomic E-state index is 15.3. The molecule has 14 atom stereocenters. The summed E-state index contributed by atoms with van der Waals surface area (Å²) >= 11 is 21.9. The number of anilines is 4. The quantitative estimate of drug-likeness (QED) is 0.0141. The summed E-state index contributed by atoms with van der Waals surface area (Å²) in [6, 6.07) is 22.1. The summed E-state index contributed by atoms with van der Waals surface area (Å²) in [5.74, 6) is -16.1. The van der Waals surface area contributed by atoms with Crippen LogP contribution in [0, 0.1) is 111 Å². The number of amides is 4. The average Bonchev–Trinajstić information content (AvgIpc) is 1.45. The van der Waals surface area contributed by atoms with Gasteiger partial charge in [-0.15, -0.1) is 0 Å². The molecule has 37 heteroatoms. The number of non-ortho nitro benzene ring substituents is 4. The molecule has 0 aromatic heterocycles. The Morgan fingerprint density at radius 1 is 0.381 bits per heavy atom. The third-order valence-electron chi connectivity index (χ3n) is 19.0. The highest BCUT2D eigenvalue weighted by molar-refractivity contribution is 7.81. The first-order valence-electron chi connectivity index (χ1n) is 30.6. The highest BCUT2D eigenvalue weighted by atomic mass is 32.1. The van der Waals surface area contributed by atoms with Gasteiger partial charge in [-0.25, -0.2) is 9.59 Å². The molecule has 2 heterocycles. The van der Waals surface area contributed by atoms with Crippen molar-refractivity contribution in [3.8, 4) is 0 Å².